The maximum absolute atomic E-state index is 12.0. The standard InChI is InChI=1S/C19H29N3O3S/c1-12-7-5-6-8-16(12)22-17(23)11-25-18(24)10-9-15-13(2)20-19(26-4)21-14(15)3/h12,16H,5-11H2,1-4H3,(H,22,23)/t12-,16-/m0/s1. The Bertz CT molecular complexity index is 628. The van der Waals surface area contributed by atoms with Gasteiger partial charge in [0, 0.05) is 23.9 Å². The molecule has 0 radical (unpaired) electrons. The maximum atomic E-state index is 12.0. The Balaban J connectivity index is 1.76. The molecule has 1 aromatic rings. The van der Waals surface area contributed by atoms with Gasteiger partial charge < -0.3 is 10.1 Å². The summed E-state index contributed by atoms with van der Waals surface area (Å²) in [7, 11) is 0. The van der Waals surface area contributed by atoms with Gasteiger partial charge in [0.05, 0.1) is 0 Å². The summed E-state index contributed by atoms with van der Waals surface area (Å²) >= 11 is 1.50. The zero-order valence-electron chi connectivity index (χ0n) is 16.1. The number of carbonyl (C=O) groups excluding carboxylic acids is 2. The Labute approximate surface area is 159 Å². The van der Waals surface area contributed by atoms with Crippen molar-refractivity contribution in [1.82, 2.24) is 15.3 Å². The highest BCUT2D eigenvalue weighted by molar-refractivity contribution is 7.98. The van der Waals surface area contributed by atoms with Crippen LogP contribution in [0.15, 0.2) is 5.16 Å². The number of nitrogens with zero attached hydrogens (tertiary/aromatic N) is 2. The lowest BCUT2D eigenvalue weighted by Crippen LogP contribution is -2.42. The molecule has 0 bridgehead atoms. The van der Waals surface area contributed by atoms with Gasteiger partial charge in [0.2, 0.25) is 0 Å². The number of aryl methyl sites for hydroxylation is 2. The molecule has 1 saturated carbocycles. The molecule has 1 heterocycles. The average Bonchev–Trinajstić information content (AvgIpc) is 2.61. The maximum Gasteiger partial charge on any atom is 0.306 e. The molecule has 144 valence electrons. The topological polar surface area (TPSA) is 81.2 Å². The minimum atomic E-state index is -0.371. The smallest absolute Gasteiger partial charge is 0.306 e. The summed E-state index contributed by atoms with van der Waals surface area (Å²) in [5, 5.41) is 3.73. The van der Waals surface area contributed by atoms with Gasteiger partial charge in [-0.25, -0.2) is 9.97 Å². The third-order valence-corrected chi connectivity index (χ3v) is 5.53. The second kappa shape index (κ2) is 9.90. The first-order chi connectivity index (χ1) is 12.4. The van der Waals surface area contributed by atoms with Crippen LogP contribution in [0.25, 0.3) is 0 Å². The quantitative estimate of drug-likeness (QED) is 0.446. The Morgan fingerprint density at radius 2 is 1.85 bits per heavy atom. The van der Waals surface area contributed by atoms with Crippen LogP contribution in [0.1, 0.15) is 56.0 Å². The number of hydrogen-bond acceptors (Lipinski definition) is 6. The van der Waals surface area contributed by atoms with Crippen molar-refractivity contribution < 1.29 is 14.3 Å². The number of carbonyl (C=O) groups is 2. The zero-order valence-corrected chi connectivity index (χ0v) is 16.9. The highest BCUT2D eigenvalue weighted by Gasteiger charge is 2.23. The molecule has 0 spiro atoms. The summed E-state index contributed by atoms with van der Waals surface area (Å²) in [5.74, 6) is -0.0969. The van der Waals surface area contributed by atoms with Crippen molar-refractivity contribution in [2.45, 2.75) is 70.5 Å². The van der Waals surface area contributed by atoms with Gasteiger partial charge >= 0.3 is 5.97 Å². The number of thioether (sulfide) groups is 1. The Kier molecular flexibility index (Phi) is 7.87. The van der Waals surface area contributed by atoms with Gasteiger partial charge in [-0.1, -0.05) is 31.5 Å². The summed E-state index contributed by atoms with van der Waals surface area (Å²) in [5.41, 5.74) is 2.75. The Morgan fingerprint density at radius 1 is 1.19 bits per heavy atom. The number of ether oxygens (including phenoxy) is 1. The fourth-order valence-corrected chi connectivity index (χ4v) is 3.84. The molecule has 0 unspecified atom stereocenters. The van der Waals surface area contributed by atoms with Gasteiger partial charge in [-0.05, 0) is 50.8 Å². The van der Waals surface area contributed by atoms with E-state index in [4.69, 9.17) is 4.74 Å². The van der Waals surface area contributed by atoms with E-state index in [2.05, 4.69) is 22.2 Å². The highest BCUT2D eigenvalue weighted by atomic mass is 32.2. The molecule has 2 rings (SSSR count). The van der Waals surface area contributed by atoms with Gasteiger partial charge in [0.1, 0.15) is 0 Å². The molecule has 1 fully saturated rings. The van der Waals surface area contributed by atoms with Gasteiger partial charge in [0.15, 0.2) is 11.8 Å². The van der Waals surface area contributed by atoms with Crippen molar-refractivity contribution in [2.75, 3.05) is 12.9 Å². The number of hydrogen-bond donors (Lipinski definition) is 1. The molecule has 1 amide bonds. The molecule has 1 aliphatic rings. The fourth-order valence-electron chi connectivity index (χ4n) is 3.39. The zero-order chi connectivity index (χ0) is 19.1. The van der Waals surface area contributed by atoms with Crippen LogP contribution in [0.5, 0.6) is 0 Å². The number of amides is 1. The van der Waals surface area contributed by atoms with Crippen molar-refractivity contribution in [2.24, 2.45) is 5.92 Å². The molecule has 2 atom stereocenters. The van der Waals surface area contributed by atoms with Crippen LogP contribution >= 0.6 is 11.8 Å². The summed E-state index contributed by atoms with van der Waals surface area (Å²) in [6.07, 6.45) is 7.19. The fraction of sp³-hybridized carbons (Fsp3) is 0.684. The van der Waals surface area contributed by atoms with Crippen LogP contribution in [0.3, 0.4) is 0 Å². The lowest BCUT2D eigenvalue weighted by molar-refractivity contribution is -0.148. The highest BCUT2D eigenvalue weighted by Crippen LogP contribution is 2.23. The molecule has 0 aliphatic heterocycles. The van der Waals surface area contributed by atoms with E-state index in [0.29, 0.717) is 12.3 Å². The molecule has 26 heavy (non-hydrogen) atoms. The van der Waals surface area contributed by atoms with E-state index in [1.165, 1.54) is 18.2 Å². The summed E-state index contributed by atoms with van der Waals surface area (Å²) < 4.78 is 5.13. The molecule has 6 nitrogen and oxygen atoms in total. The van der Waals surface area contributed by atoms with Gasteiger partial charge in [0.25, 0.3) is 5.91 Å². The molecule has 0 saturated heterocycles. The lowest BCUT2D eigenvalue weighted by Gasteiger charge is -2.29. The van der Waals surface area contributed by atoms with E-state index < -0.39 is 0 Å². The second-order valence-electron chi connectivity index (χ2n) is 6.96. The van der Waals surface area contributed by atoms with E-state index in [1.807, 2.05) is 20.1 Å². The van der Waals surface area contributed by atoms with Crippen molar-refractivity contribution >= 4 is 23.6 Å². The third-order valence-electron chi connectivity index (χ3n) is 4.98. The van der Waals surface area contributed by atoms with E-state index in [1.54, 1.807) is 0 Å². The van der Waals surface area contributed by atoms with E-state index in [-0.39, 0.29) is 30.9 Å². The van der Waals surface area contributed by atoms with Crippen LogP contribution in [0, 0.1) is 19.8 Å². The number of aromatic nitrogens is 2. The van der Waals surface area contributed by atoms with E-state index in [0.717, 1.165) is 41.4 Å². The van der Waals surface area contributed by atoms with Crippen LogP contribution in [0.4, 0.5) is 0 Å². The summed E-state index contributed by atoms with van der Waals surface area (Å²) in [6.45, 7) is 5.80. The number of nitrogens with one attached hydrogen (secondary N) is 1. The first-order valence-corrected chi connectivity index (χ1v) is 10.5. The molecule has 1 aliphatic carbocycles. The van der Waals surface area contributed by atoms with Crippen molar-refractivity contribution in [3.05, 3.63) is 17.0 Å². The molecule has 0 aromatic carbocycles. The average molecular weight is 380 g/mol. The minimum absolute atomic E-state index is 0.201. The van der Waals surface area contributed by atoms with Crippen LogP contribution in [-0.4, -0.2) is 40.7 Å². The molecular formula is C19H29N3O3S. The van der Waals surface area contributed by atoms with Crippen LogP contribution in [-0.2, 0) is 20.7 Å². The SMILES string of the molecule is CSc1nc(C)c(CCC(=O)OCC(=O)N[C@H]2CCCC[C@@H]2C)c(C)n1. The first-order valence-electron chi connectivity index (χ1n) is 9.23. The monoisotopic (exact) mass is 379 g/mol. The van der Waals surface area contributed by atoms with Gasteiger partial charge in [-0.15, -0.1) is 0 Å². The largest absolute Gasteiger partial charge is 0.456 e. The predicted octanol–water partition coefficient (Wildman–Crippen LogP) is 2.99. The first kappa shape index (κ1) is 20.7. The Hall–Kier alpha value is -1.63. The van der Waals surface area contributed by atoms with Crippen molar-refractivity contribution in [1.29, 1.82) is 0 Å². The Morgan fingerprint density at radius 3 is 2.46 bits per heavy atom. The summed E-state index contributed by atoms with van der Waals surface area (Å²) in [4.78, 5) is 32.8. The minimum Gasteiger partial charge on any atom is -0.456 e. The second-order valence-corrected chi connectivity index (χ2v) is 7.73. The van der Waals surface area contributed by atoms with Gasteiger partial charge in [-0.2, -0.15) is 0 Å². The molecule has 1 N–H and O–H groups in total. The normalized spacial score (nSPS) is 19.8. The summed E-state index contributed by atoms with van der Waals surface area (Å²) in [6, 6.07) is 0.201. The molecule has 7 heteroatoms. The van der Waals surface area contributed by atoms with Crippen molar-refractivity contribution in [3.8, 4) is 0 Å². The van der Waals surface area contributed by atoms with Gasteiger partial charge in [-0.3, -0.25) is 9.59 Å². The number of esters is 1. The number of rotatable bonds is 7. The van der Waals surface area contributed by atoms with Crippen LogP contribution in [0.2, 0.25) is 0 Å². The van der Waals surface area contributed by atoms with E-state index in [9.17, 15) is 9.59 Å². The van der Waals surface area contributed by atoms with Crippen molar-refractivity contribution in [3.63, 3.8) is 0 Å². The van der Waals surface area contributed by atoms with E-state index >= 15 is 0 Å². The molecule has 1 aromatic heterocycles. The third kappa shape index (κ3) is 5.97. The lowest BCUT2D eigenvalue weighted by atomic mass is 9.86. The molecular weight excluding hydrogens is 350 g/mol. The predicted molar refractivity (Wildman–Crippen MR) is 102 cm³/mol. The van der Waals surface area contributed by atoms with Crippen LogP contribution < -0.4 is 5.32 Å².